The number of rotatable bonds is 7. The Morgan fingerprint density at radius 1 is 1.22 bits per heavy atom. The lowest BCUT2D eigenvalue weighted by molar-refractivity contribution is -0.148. The zero-order valence-electron chi connectivity index (χ0n) is 18.2. The van der Waals surface area contributed by atoms with Gasteiger partial charge in [0.15, 0.2) is 0 Å². The van der Waals surface area contributed by atoms with Crippen LogP contribution in [0.15, 0.2) is 27.6 Å². The van der Waals surface area contributed by atoms with Crippen molar-refractivity contribution in [3.8, 4) is 0 Å². The van der Waals surface area contributed by atoms with Gasteiger partial charge in [-0.1, -0.05) is 6.07 Å². The van der Waals surface area contributed by atoms with Gasteiger partial charge in [0, 0.05) is 15.9 Å². The molecule has 4 saturated carbocycles. The lowest BCUT2D eigenvalue weighted by Crippen LogP contribution is -2.65. The van der Waals surface area contributed by atoms with E-state index in [1.165, 1.54) is 32.0 Å². The molecule has 7 nitrogen and oxygen atoms in total. The second-order valence-electron chi connectivity index (χ2n) is 10.2. The van der Waals surface area contributed by atoms with Crippen molar-refractivity contribution in [3.05, 3.63) is 28.2 Å². The highest BCUT2D eigenvalue weighted by Crippen LogP contribution is 2.59. The van der Waals surface area contributed by atoms with Crippen LogP contribution in [0.2, 0.25) is 0 Å². The normalized spacial score (nSPS) is 31.5. The van der Waals surface area contributed by atoms with E-state index in [-0.39, 0.29) is 38.7 Å². The van der Waals surface area contributed by atoms with Gasteiger partial charge in [0.05, 0.1) is 4.90 Å². The molecule has 0 spiro atoms. The Morgan fingerprint density at radius 3 is 2.41 bits per heavy atom. The number of alkyl halides is 1. The van der Waals surface area contributed by atoms with Crippen LogP contribution in [0.4, 0.5) is 4.39 Å². The van der Waals surface area contributed by atoms with E-state index in [9.17, 15) is 22.4 Å². The monoisotopic (exact) mass is 529 g/mol. The standard InChI is InChI=1S/C22H29BrFN3O4S/c1-21(2,27-32(30,31)17-7-12(11-24)3-4-16(17)23)20(29)26-18-14-5-13-6-15(18)10-22(8-13,9-14)19(25)28/h3-4,7,13-15,18,27H,5-6,8-11H2,1-2H3,(H2,25,28)(H,26,29). The number of carbonyl (C=O) groups excluding carboxylic acids is 2. The van der Waals surface area contributed by atoms with Crippen LogP contribution in [-0.4, -0.2) is 31.8 Å². The summed E-state index contributed by atoms with van der Waals surface area (Å²) in [5, 5.41) is 3.08. The van der Waals surface area contributed by atoms with Gasteiger partial charge in [0.2, 0.25) is 21.8 Å². The van der Waals surface area contributed by atoms with E-state index in [0.29, 0.717) is 18.8 Å². The molecule has 0 saturated heterocycles. The van der Waals surface area contributed by atoms with E-state index in [0.717, 1.165) is 19.3 Å². The molecule has 4 bridgehead atoms. The van der Waals surface area contributed by atoms with Gasteiger partial charge in [-0.05, 0) is 97.3 Å². The summed E-state index contributed by atoms with van der Waals surface area (Å²) in [6.45, 7) is 2.22. The van der Waals surface area contributed by atoms with E-state index in [2.05, 4.69) is 26.0 Å². The number of hydrogen-bond donors (Lipinski definition) is 3. The van der Waals surface area contributed by atoms with Crippen molar-refractivity contribution in [2.24, 2.45) is 28.9 Å². The van der Waals surface area contributed by atoms with Crippen molar-refractivity contribution < 1.29 is 22.4 Å². The zero-order valence-corrected chi connectivity index (χ0v) is 20.6. The molecule has 2 unspecified atom stereocenters. The molecule has 2 atom stereocenters. The van der Waals surface area contributed by atoms with Gasteiger partial charge in [-0.2, -0.15) is 4.72 Å². The maximum absolute atomic E-state index is 13.2. The summed E-state index contributed by atoms with van der Waals surface area (Å²) in [6.07, 6.45) is 4.09. The number of hydrogen-bond acceptors (Lipinski definition) is 4. The molecule has 0 aromatic heterocycles. The zero-order chi connectivity index (χ0) is 23.5. The summed E-state index contributed by atoms with van der Waals surface area (Å²) >= 11 is 3.20. The first-order chi connectivity index (χ1) is 14.9. The largest absolute Gasteiger partial charge is 0.369 e. The van der Waals surface area contributed by atoms with Gasteiger partial charge in [-0.15, -0.1) is 0 Å². The van der Waals surface area contributed by atoms with E-state index in [1.807, 2.05) is 0 Å². The smallest absolute Gasteiger partial charge is 0.242 e. The molecule has 0 heterocycles. The number of carbonyl (C=O) groups is 2. The Hall–Kier alpha value is -1.52. The van der Waals surface area contributed by atoms with E-state index >= 15 is 0 Å². The van der Waals surface area contributed by atoms with Crippen molar-refractivity contribution in [2.75, 3.05) is 0 Å². The van der Waals surface area contributed by atoms with E-state index < -0.39 is 33.6 Å². The number of sulfonamides is 1. The SMILES string of the molecule is CC(C)(NS(=O)(=O)c1cc(CF)ccc1Br)C(=O)NC1C2CC3CC1CC(C(N)=O)(C3)C2. The van der Waals surface area contributed by atoms with Crippen molar-refractivity contribution in [2.45, 2.75) is 69.1 Å². The molecule has 10 heteroatoms. The van der Waals surface area contributed by atoms with E-state index in [4.69, 9.17) is 5.73 Å². The third-order valence-electron chi connectivity index (χ3n) is 7.49. The Morgan fingerprint density at radius 2 is 1.84 bits per heavy atom. The highest BCUT2D eigenvalue weighted by Gasteiger charge is 2.58. The van der Waals surface area contributed by atoms with Gasteiger partial charge < -0.3 is 11.1 Å². The Labute approximate surface area is 196 Å². The molecule has 5 rings (SSSR count). The van der Waals surface area contributed by atoms with Crippen LogP contribution >= 0.6 is 15.9 Å². The van der Waals surface area contributed by atoms with Crippen molar-refractivity contribution in [1.29, 1.82) is 0 Å². The van der Waals surface area contributed by atoms with Gasteiger partial charge in [0.25, 0.3) is 0 Å². The minimum absolute atomic E-state index is 0.100. The van der Waals surface area contributed by atoms with E-state index in [1.54, 1.807) is 0 Å². The molecule has 176 valence electrons. The number of nitrogens with one attached hydrogen (secondary N) is 2. The second kappa shape index (κ2) is 8.06. The van der Waals surface area contributed by atoms with Crippen LogP contribution in [0.25, 0.3) is 0 Å². The third-order valence-corrected chi connectivity index (χ3v) is 10.1. The fourth-order valence-electron chi connectivity index (χ4n) is 6.17. The fourth-order valence-corrected chi connectivity index (χ4v) is 8.56. The van der Waals surface area contributed by atoms with Crippen LogP contribution in [0.5, 0.6) is 0 Å². The average molecular weight is 530 g/mol. The maximum Gasteiger partial charge on any atom is 0.242 e. The molecule has 4 aliphatic carbocycles. The molecule has 4 N–H and O–H groups in total. The van der Waals surface area contributed by atoms with Crippen LogP contribution in [0.3, 0.4) is 0 Å². The van der Waals surface area contributed by atoms with Crippen molar-refractivity contribution in [1.82, 2.24) is 10.0 Å². The molecule has 4 aliphatic rings. The lowest BCUT2D eigenvalue weighted by atomic mass is 9.47. The molecule has 32 heavy (non-hydrogen) atoms. The number of primary amides is 1. The topological polar surface area (TPSA) is 118 Å². The summed E-state index contributed by atoms with van der Waals surface area (Å²) in [4.78, 5) is 25.2. The highest BCUT2D eigenvalue weighted by molar-refractivity contribution is 9.10. The quantitative estimate of drug-likeness (QED) is 0.503. The summed E-state index contributed by atoms with van der Waals surface area (Å²) in [5.41, 5.74) is 4.08. The maximum atomic E-state index is 13.2. The van der Waals surface area contributed by atoms with Crippen LogP contribution in [0.1, 0.15) is 51.5 Å². The Balaban J connectivity index is 1.50. The number of amides is 2. The van der Waals surface area contributed by atoms with Gasteiger partial charge >= 0.3 is 0 Å². The molecule has 1 aromatic rings. The van der Waals surface area contributed by atoms with Gasteiger partial charge in [-0.25, -0.2) is 12.8 Å². The molecular formula is C22H29BrFN3O4S. The number of halogens is 2. The Bertz CT molecular complexity index is 1050. The first-order valence-electron chi connectivity index (χ1n) is 10.9. The molecule has 0 radical (unpaired) electrons. The van der Waals surface area contributed by atoms with Crippen LogP contribution in [-0.2, 0) is 26.3 Å². The molecule has 2 amide bonds. The minimum Gasteiger partial charge on any atom is -0.369 e. The third kappa shape index (κ3) is 4.09. The summed E-state index contributed by atoms with van der Waals surface area (Å²) < 4.78 is 41.8. The van der Waals surface area contributed by atoms with Crippen molar-refractivity contribution >= 4 is 37.8 Å². The first-order valence-corrected chi connectivity index (χ1v) is 13.1. The first kappa shape index (κ1) is 23.6. The fraction of sp³-hybridized carbons (Fsp3) is 0.636. The number of benzene rings is 1. The second-order valence-corrected chi connectivity index (χ2v) is 12.7. The van der Waals surface area contributed by atoms with Crippen LogP contribution in [0, 0.1) is 23.2 Å². The summed E-state index contributed by atoms with van der Waals surface area (Å²) in [6, 6.07) is 4.12. The number of nitrogens with two attached hydrogens (primary N) is 1. The summed E-state index contributed by atoms with van der Waals surface area (Å²) in [5.74, 6) is 0.126. The minimum atomic E-state index is -4.09. The predicted molar refractivity (Wildman–Crippen MR) is 120 cm³/mol. The lowest BCUT2D eigenvalue weighted by Gasteiger charge is -2.59. The highest BCUT2D eigenvalue weighted by atomic mass is 79.9. The molecule has 1 aromatic carbocycles. The average Bonchev–Trinajstić information content (AvgIpc) is 2.69. The summed E-state index contributed by atoms with van der Waals surface area (Å²) in [7, 11) is -4.09. The van der Waals surface area contributed by atoms with Gasteiger partial charge in [0.1, 0.15) is 12.2 Å². The van der Waals surface area contributed by atoms with Gasteiger partial charge in [-0.3, -0.25) is 9.59 Å². The van der Waals surface area contributed by atoms with Crippen LogP contribution < -0.4 is 15.8 Å². The van der Waals surface area contributed by atoms with Crippen molar-refractivity contribution in [3.63, 3.8) is 0 Å². The molecule has 4 fully saturated rings. The molecular weight excluding hydrogens is 501 g/mol. The molecule has 0 aliphatic heterocycles. The Kier molecular flexibility index (Phi) is 5.95. The predicted octanol–water partition coefficient (Wildman–Crippen LogP) is 2.77.